The molecule has 0 radical (unpaired) electrons. The van der Waals surface area contributed by atoms with E-state index < -0.39 is 0 Å². The van der Waals surface area contributed by atoms with Crippen LogP contribution in [0.5, 0.6) is 0 Å². The van der Waals surface area contributed by atoms with Crippen molar-refractivity contribution in [2.45, 2.75) is 38.9 Å². The highest BCUT2D eigenvalue weighted by atomic mass is 15.2. The molecule has 7 heteroatoms. The normalized spacial score (nSPS) is 11.7. The van der Waals surface area contributed by atoms with Crippen LogP contribution < -0.4 is 31.9 Å². The molecule has 0 bridgehead atoms. The van der Waals surface area contributed by atoms with Gasteiger partial charge in [-0.1, -0.05) is 127 Å². The molecule has 6 aromatic rings. The number of hydrogen-bond donors (Lipinski definition) is 6. The van der Waals surface area contributed by atoms with Crippen molar-refractivity contribution in [1.29, 1.82) is 0 Å². The highest BCUT2D eigenvalue weighted by Crippen LogP contribution is 2.20. The molecule has 55 heavy (non-hydrogen) atoms. The van der Waals surface area contributed by atoms with Crippen molar-refractivity contribution in [1.82, 2.24) is 36.8 Å². The molecule has 6 N–H and O–H groups in total. The first-order valence-electron chi connectivity index (χ1n) is 20.7. The number of nitrogens with one attached hydrogen (secondary N) is 6. The Morgan fingerprint density at radius 1 is 0.291 bits per heavy atom. The van der Waals surface area contributed by atoms with Crippen LogP contribution >= 0.6 is 0 Å². The Hall–Kier alpha value is -4.18. The summed E-state index contributed by atoms with van der Waals surface area (Å²) in [5, 5.41) is 30.1. The number of nitrogens with zero attached hydrogens (tertiary/aromatic N) is 1. The highest BCUT2D eigenvalue weighted by molar-refractivity contribution is 5.87. The van der Waals surface area contributed by atoms with Crippen LogP contribution in [0, 0.1) is 0 Å². The van der Waals surface area contributed by atoms with Gasteiger partial charge in [0.25, 0.3) is 0 Å². The second-order valence-electron chi connectivity index (χ2n) is 14.6. The van der Waals surface area contributed by atoms with Gasteiger partial charge in [-0.05, 0) is 108 Å². The fourth-order valence-corrected chi connectivity index (χ4v) is 7.45. The SMILES string of the molecule is c1ccc2c(CNCCCNCCN(CCNCCCNCc3cccc4ccccc34)CCNCCCNCc3cccc4ccccc34)cccc2c1. The number of rotatable bonds is 27. The summed E-state index contributed by atoms with van der Waals surface area (Å²) >= 11 is 0. The van der Waals surface area contributed by atoms with Gasteiger partial charge >= 0.3 is 0 Å². The van der Waals surface area contributed by atoms with Gasteiger partial charge in [0, 0.05) is 58.9 Å². The molecule has 0 fully saturated rings. The standard InChI is InChI=1S/C48H63N7/c1-4-22-46-40(13-1)16-7-19-43(46)37-52-28-10-25-49-31-34-55(35-32-50-26-11-29-53-38-44-20-8-17-41-14-2-5-23-47(41)44)36-33-51-27-12-30-54-39-45-21-9-18-42-15-3-6-24-48(42)45/h1-9,13-24,49-54H,10-12,25-39H2. The Morgan fingerprint density at radius 3 is 0.927 bits per heavy atom. The van der Waals surface area contributed by atoms with E-state index in [1.165, 1.54) is 49.0 Å². The molecule has 0 heterocycles. The van der Waals surface area contributed by atoms with E-state index in [0.29, 0.717) is 0 Å². The minimum Gasteiger partial charge on any atom is -0.315 e. The van der Waals surface area contributed by atoms with Crippen LogP contribution in [0.15, 0.2) is 127 Å². The molecule has 0 atom stereocenters. The smallest absolute Gasteiger partial charge is 0.0211 e. The molecule has 0 aliphatic heterocycles. The number of fused-ring (bicyclic) bond motifs is 3. The van der Waals surface area contributed by atoms with Gasteiger partial charge in [0.05, 0.1) is 0 Å². The maximum atomic E-state index is 3.70. The quantitative estimate of drug-likeness (QED) is 0.0317. The van der Waals surface area contributed by atoms with E-state index in [0.717, 1.165) is 117 Å². The van der Waals surface area contributed by atoms with Crippen molar-refractivity contribution < 1.29 is 0 Å². The van der Waals surface area contributed by atoms with Gasteiger partial charge in [0.2, 0.25) is 0 Å². The van der Waals surface area contributed by atoms with Gasteiger partial charge in [0.15, 0.2) is 0 Å². The third-order valence-electron chi connectivity index (χ3n) is 10.5. The highest BCUT2D eigenvalue weighted by Gasteiger charge is 2.06. The van der Waals surface area contributed by atoms with Crippen LogP contribution in [-0.2, 0) is 19.6 Å². The number of benzene rings is 6. The predicted octanol–water partition coefficient (Wildman–Crippen LogP) is 7.06. The zero-order valence-electron chi connectivity index (χ0n) is 32.8. The first kappa shape index (κ1) is 40.5. The van der Waals surface area contributed by atoms with Gasteiger partial charge in [-0.25, -0.2) is 0 Å². The van der Waals surface area contributed by atoms with Crippen LogP contribution in [0.25, 0.3) is 32.3 Å². The Balaban J connectivity index is 0.837. The zero-order chi connectivity index (χ0) is 37.6. The van der Waals surface area contributed by atoms with Crippen molar-refractivity contribution in [3.63, 3.8) is 0 Å². The Kier molecular flexibility index (Phi) is 17.4. The lowest BCUT2D eigenvalue weighted by Crippen LogP contribution is -2.41. The average Bonchev–Trinajstić information content (AvgIpc) is 3.23. The zero-order valence-corrected chi connectivity index (χ0v) is 32.8. The van der Waals surface area contributed by atoms with Crippen molar-refractivity contribution in [2.24, 2.45) is 0 Å². The third kappa shape index (κ3) is 13.5. The second kappa shape index (κ2) is 23.7. The van der Waals surface area contributed by atoms with E-state index in [1.54, 1.807) is 0 Å². The summed E-state index contributed by atoms with van der Waals surface area (Å²) in [5.41, 5.74) is 4.12. The van der Waals surface area contributed by atoms with Crippen molar-refractivity contribution in [3.05, 3.63) is 144 Å². The lowest BCUT2D eigenvalue weighted by atomic mass is 10.0. The summed E-state index contributed by atoms with van der Waals surface area (Å²) in [7, 11) is 0. The summed E-state index contributed by atoms with van der Waals surface area (Å²) in [5.74, 6) is 0. The summed E-state index contributed by atoms with van der Waals surface area (Å²) in [4.78, 5) is 2.60. The fraction of sp³-hybridized carbons (Fsp3) is 0.375. The minimum atomic E-state index is 0.912. The van der Waals surface area contributed by atoms with Crippen molar-refractivity contribution in [3.8, 4) is 0 Å². The molecule has 0 aromatic heterocycles. The molecule has 0 aliphatic rings. The summed E-state index contributed by atoms with van der Waals surface area (Å²) in [6.45, 7) is 15.1. The van der Waals surface area contributed by atoms with Gasteiger partial charge in [-0.3, -0.25) is 4.90 Å². The van der Waals surface area contributed by atoms with Crippen LogP contribution in [-0.4, -0.2) is 83.4 Å². The molecule has 6 rings (SSSR count). The van der Waals surface area contributed by atoms with Gasteiger partial charge in [0.1, 0.15) is 0 Å². The summed E-state index contributed by atoms with van der Waals surface area (Å²) < 4.78 is 0. The first-order chi connectivity index (χ1) is 27.3. The first-order valence-corrected chi connectivity index (χ1v) is 20.7. The van der Waals surface area contributed by atoms with E-state index in [4.69, 9.17) is 0 Å². The maximum absolute atomic E-state index is 3.70. The molecular weight excluding hydrogens is 675 g/mol. The van der Waals surface area contributed by atoms with Crippen LogP contribution in [0.4, 0.5) is 0 Å². The van der Waals surface area contributed by atoms with E-state index in [-0.39, 0.29) is 0 Å². The molecule has 0 unspecified atom stereocenters. The van der Waals surface area contributed by atoms with Gasteiger partial charge < -0.3 is 31.9 Å². The Bertz CT molecular complexity index is 1740. The monoisotopic (exact) mass is 738 g/mol. The minimum absolute atomic E-state index is 0.912. The largest absolute Gasteiger partial charge is 0.315 e. The molecule has 7 nitrogen and oxygen atoms in total. The Labute approximate surface area is 329 Å². The van der Waals surface area contributed by atoms with Crippen LogP contribution in [0.3, 0.4) is 0 Å². The predicted molar refractivity (Wildman–Crippen MR) is 236 cm³/mol. The fourth-order valence-electron chi connectivity index (χ4n) is 7.45. The summed E-state index contributed by atoms with van der Waals surface area (Å²) in [6, 6.07) is 45.8. The molecule has 6 aromatic carbocycles. The van der Waals surface area contributed by atoms with Crippen LogP contribution in [0.2, 0.25) is 0 Å². The third-order valence-corrected chi connectivity index (χ3v) is 10.5. The molecular formula is C48H63N7. The molecule has 290 valence electrons. The second-order valence-corrected chi connectivity index (χ2v) is 14.6. The molecule has 0 saturated heterocycles. The van der Waals surface area contributed by atoms with E-state index in [2.05, 4.69) is 164 Å². The lowest BCUT2D eigenvalue weighted by Gasteiger charge is -2.23. The molecule has 0 saturated carbocycles. The molecule has 0 aliphatic carbocycles. The molecule has 0 amide bonds. The maximum Gasteiger partial charge on any atom is 0.0211 e. The van der Waals surface area contributed by atoms with Crippen LogP contribution in [0.1, 0.15) is 36.0 Å². The van der Waals surface area contributed by atoms with E-state index in [1.807, 2.05) is 0 Å². The molecule has 0 spiro atoms. The van der Waals surface area contributed by atoms with Crippen molar-refractivity contribution in [2.75, 3.05) is 78.5 Å². The van der Waals surface area contributed by atoms with E-state index >= 15 is 0 Å². The Morgan fingerprint density at radius 2 is 0.582 bits per heavy atom. The number of hydrogen-bond acceptors (Lipinski definition) is 7. The summed E-state index contributed by atoms with van der Waals surface area (Å²) in [6.07, 6.45) is 3.37. The lowest BCUT2D eigenvalue weighted by molar-refractivity contribution is 0.271. The van der Waals surface area contributed by atoms with E-state index in [9.17, 15) is 0 Å². The van der Waals surface area contributed by atoms with Crippen molar-refractivity contribution >= 4 is 32.3 Å². The average molecular weight is 738 g/mol. The topological polar surface area (TPSA) is 75.4 Å². The van der Waals surface area contributed by atoms with Gasteiger partial charge in [-0.15, -0.1) is 0 Å². The van der Waals surface area contributed by atoms with Gasteiger partial charge in [-0.2, -0.15) is 0 Å².